The van der Waals surface area contributed by atoms with Crippen molar-refractivity contribution in [2.75, 3.05) is 13.2 Å². The first-order valence-corrected chi connectivity index (χ1v) is 9.00. The van der Waals surface area contributed by atoms with Gasteiger partial charge in [0.25, 0.3) is 0 Å². The Labute approximate surface area is 151 Å². The predicted octanol–water partition coefficient (Wildman–Crippen LogP) is 2.41. The van der Waals surface area contributed by atoms with E-state index in [0.29, 0.717) is 17.7 Å². The molecule has 0 unspecified atom stereocenters. The van der Waals surface area contributed by atoms with Crippen molar-refractivity contribution in [3.8, 4) is 16.9 Å². The number of hydrogen-bond acceptors (Lipinski definition) is 4. The number of phenols is 1. The number of phenolic OH excluding ortho intramolecular Hbond substituents is 1. The van der Waals surface area contributed by atoms with E-state index in [1.54, 1.807) is 12.1 Å². The van der Waals surface area contributed by atoms with Crippen LogP contribution < -0.4 is 10.9 Å². The highest BCUT2D eigenvalue weighted by Gasteiger charge is 2.19. The maximum atomic E-state index is 12.1. The van der Waals surface area contributed by atoms with Gasteiger partial charge in [0, 0.05) is 18.1 Å². The summed E-state index contributed by atoms with van der Waals surface area (Å²) in [4.78, 5) is 12.1. The van der Waals surface area contributed by atoms with Crippen molar-refractivity contribution in [1.29, 1.82) is 0 Å². The van der Waals surface area contributed by atoms with Crippen LogP contribution in [0.1, 0.15) is 18.4 Å². The lowest BCUT2D eigenvalue weighted by Gasteiger charge is -2.12. The highest BCUT2D eigenvalue weighted by molar-refractivity contribution is 5.95. The quantitative estimate of drug-likeness (QED) is 0.692. The van der Waals surface area contributed by atoms with Gasteiger partial charge in [0.05, 0.1) is 5.56 Å². The van der Waals surface area contributed by atoms with Crippen LogP contribution in [0.2, 0.25) is 0 Å². The second-order valence-electron chi connectivity index (χ2n) is 6.65. The third-order valence-corrected chi connectivity index (χ3v) is 4.88. The molecule has 0 aliphatic carbocycles. The average molecular weight is 352 g/mol. The molecule has 1 atom stereocenters. The summed E-state index contributed by atoms with van der Waals surface area (Å²) >= 11 is 0. The number of aromatic hydroxyl groups is 1. The minimum Gasteiger partial charge on any atom is -0.507 e. The Morgan fingerprint density at radius 3 is 2.77 bits per heavy atom. The third kappa shape index (κ3) is 3.36. The number of ether oxygens (including phenoxy) is 1. The van der Waals surface area contributed by atoms with Crippen molar-refractivity contribution in [3.63, 3.8) is 0 Å². The summed E-state index contributed by atoms with van der Waals surface area (Å²) in [6.45, 7) is 2.19. The van der Waals surface area contributed by atoms with Crippen LogP contribution >= 0.6 is 0 Å². The molecular formula is C21H22NO4+. The SMILES string of the molecule is O=c1cc(-c2ccccc2)c2ccc(O)c(C[NH2+]C[C@@H]3CCCO3)c2o1. The molecule has 0 saturated carbocycles. The van der Waals surface area contributed by atoms with Crippen LogP contribution in [0.5, 0.6) is 5.75 Å². The second-order valence-corrected chi connectivity index (χ2v) is 6.65. The van der Waals surface area contributed by atoms with Gasteiger partial charge >= 0.3 is 5.63 Å². The molecule has 2 heterocycles. The van der Waals surface area contributed by atoms with E-state index in [0.717, 1.165) is 42.5 Å². The number of benzene rings is 2. The first-order chi connectivity index (χ1) is 12.7. The zero-order chi connectivity index (χ0) is 17.9. The molecule has 2 aromatic carbocycles. The lowest BCUT2D eigenvalue weighted by molar-refractivity contribution is -0.676. The fourth-order valence-corrected chi connectivity index (χ4v) is 3.57. The van der Waals surface area contributed by atoms with Gasteiger partial charge in [-0.1, -0.05) is 30.3 Å². The summed E-state index contributed by atoms with van der Waals surface area (Å²) in [6.07, 6.45) is 2.44. The zero-order valence-electron chi connectivity index (χ0n) is 14.5. The van der Waals surface area contributed by atoms with Crippen LogP contribution in [0.4, 0.5) is 0 Å². The fourth-order valence-electron chi connectivity index (χ4n) is 3.57. The van der Waals surface area contributed by atoms with Gasteiger partial charge in [0.1, 0.15) is 24.9 Å². The van der Waals surface area contributed by atoms with Crippen molar-refractivity contribution >= 4 is 11.0 Å². The summed E-state index contributed by atoms with van der Waals surface area (Å²) in [6, 6.07) is 14.7. The lowest BCUT2D eigenvalue weighted by Crippen LogP contribution is -2.84. The number of nitrogens with two attached hydrogens (primary N) is 1. The highest BCUT2D eigenvalue weighted by Crippen LogP contribution is 2.32. The second kappa shape index (κ2) is 7.32. The van der Waals surface area contributed by atoms with Crippen molar-refractivity contribution in [2.24, 2.45) is 0 Å². The van der Waals surface area contributed by atoms with Crippen LogP contribution in [-0.4, -0.2) is 24.4 Å². The smallest absolute Gasteiger partial charge is 0.336 e. The molecule has 3 N–H and O–H groups in total. The van der Waals surface area contributed by atoms with E-state index in [-0.39, 0.29) is 11.9 Å². The van der Waals surface area contributed by atoms with E-state index in [1.165, 1.54) is 6.07 Å². The normalized spacial score (nSPS) is 17.0. The van der Waals surface area contributed by atoms with Gasteiger partial charge in [-0.25, -0.2) is 4.79 Å². The summed E-state index contributed by atoms with van der Waals surface area (Å²) in [7, 11) is 0. The molecule has 0 radical (unpaired) electrons. The van der Waals surface area contributed by atoms with Gasteiger partial charge in [-0.3, -0.25) is 0 Å². The molecule has 0 amide bonds. The van der Waals surface area contributed by atoms with Gasteiger partial charge in [0.15, 0.2) is 5.58 Å². The van der Waals surface area contributed by atoms with Gasteiger partial charge in [0.2, 0.25) is 0 Å². The van der Waals surface area contributed by atoms with Crippen LogP contribution in [-0.2, 0) is 11.3 Å². The van der Waals surface area contributed by atoms with Crippen molar-refractivity contribution < 1.29 is 19.6 Å². The molecule has 4 rings (SSSR count). The minimum absolute atomic E-state index is 0.148. The van der Waals surface area contributed by atoms with E-state index in [9.17, 15) is 9.90 Å². The van der Waals surface area contributed by atoms with Gasteiger partial charge < -0.3 is 19.6 Å². The Hall–Kier alpha value is -2.63. The molecule has 3 aromatic rings. The maximum absolute atomic E-state index is 12.1. The van der Waals surface area contributed by atoms with E-state index in [1.807, 2.05) is 30.3 Å². The summed E-state index contributed by atoms with van der Waals surface area (Å²) < 4.78 is 11.1. The van der Waals surface area contributed by atoms with Crippen LogP contribution in [0.3, 0.4) is 0 Å². The number of fused-ring (bicyclic) bond motifs is 1. The molecule has 1 aliphatic heterocycles. The molecule has 0 bridgehead atoms. The van der Waals surface area contributed by atoms with Crippen LogP contribution in [0, 0.1) is 0 Å². The van der Waals surface area contributed by atoms with E-state index in [2.05, 4.69) is 5.32 Å². The first-order valence-electron chi connectivity index (χ1n) is 9.00. The largest absolute Gasteiger partial charge is 0.507 e. The number of quaternary nitrogens is 1. The molecule has 1 saturated heterocycles. The molecule has 1 aliphatic rings. The average Bonchev–Trinajstić information content (AvgIpc) is 3.17. The monoisotopic (exact) mass is 352 g/mol. The molecule has 1 aromatic heterocycles. The highest BCUT2D eigenvalue weighted by atomic mass is 16.5. The Kier molecular flexibility index (Phi) is 4.73. The Bertz CT molecular complexity index is 959. The topological polar surface area (TPSA) is 76.3 Å². The standard InChI is InChI=1S/C21H21NO4/c23-19-9-8-16-17(14-5-2-1-3-6-14)11-20(24)26-21(16)18(19)13-22-12-15-7-4-10-25-15/h1-3,5-6,8-9,11,15,22-23H,4,7,10,12-13H2/p+1/t15-/m0/s1. The van der Waals surface area contributed by atoms with E-state index >= 15 is 0 Å². The van der Waals surface area contributed by atoms with Crippen LogP contribution in [0.25, 0.3) is 22.1 Å². The number of hydrogen-bond donors (Lipinski definition) is 2. The first kappa shape index (κ1) is 16.8. The molecule has 134 valence electrons. The Morgan fingerprint density at radius 1 is 1.15 bits per heavy atom. The molecule has 1 fully saturated rings. The van der Waals surface area contributed by atoms with Gasteiger partial charge in [-0.2, -0.15) is 0 Å². The predicted molar refractivity (Wildman–Crippen MR) is 99.1 cm³/mol. The zero-order valence-corrected chi connectivity index (χ0v) is 14.5. The number of rotatable bonds is 5. The van der Waals surface area contributed by atoms with E-state index < -0.39 is 5.63 Å². The maximum Gasteiger partial charge on any atom is 0.336 e. The molecule has 5 nitrogen and oxygen atoms in total. The molecular weight excluding hydrogens is 330 g/mol. The van der Waals surface area contributed by atoms with Crippen molar-refractivity contribution in [1.82, 2.24) is 0 Å². The summed E-state index contributed by atoms with van der Waals surface area (Å²) in [5.74, 6) is 0.148. The molecule has 26 heavy (non-hydrogen) atoms. The third-order valence-electron chi connectivity index (χ3n) is 4.88. The van der Waals surface area contributed by atoms with Crippen molar-refractivity contribution in [2.45, 2.75) is 25.5 Å². The van der Waals surface area contributed by atoms with Crippen LogP contribution in [0.15, 0.2) is 57.7 Å². The Balaban J connectivity index is 1.72. The fraction of sp³-hybridized carbons (Fsp3) is 0.286. The lowest BCUT2D eigenvalue weighted by atomic mass is 9.99. The van der Waals surface area contributed by atoms with Gasteiger partial charge in [-0.05, 0) is 36.1 Å². The molecule has 5 heteroatoms. The van der Waals surface area contributed by atoms with Gasteiger partial charge in [-0.15, -0.1) is 0 Å². The Morgan fingerprint density at radius 2 is 2.00 bits per heavy atom. The van der Waals surface area contributed by atoms with E-state index in [4.69, 9.17) is 9.15 Å². The summed E-state index contributed by atoms with van der Waals surface area (Å²) in [5, 5.41) is 13.3. The summed E-state index contributed by atoms with van der Waals surface area (Å²) in [5.41, 5.74) is 2.46. The minimum atomic E-state index is -0.415. The van der Waals surface area contributed by atoms with Crippen molar-refractivity contribution in [3.05, 3.63) is 64.5 Å². The molecule has 0 spiro atoms.